The Hall–Kier alpha value is -2.94. The van der Waals surface area contributed by atoms with Crippen LogP contribution in [0.3, 0.4) is 0 Å². The van der Waals surface area contributed by atoms with E-state index < -0.39 is 5.60 Å². The van der Waals surface area contributed by atoms with Crippen molar-refractivity contribution in [1.82, 2.24) is 30.0 Å². The fraction of sp³-hybridized carbons (Fsp3) is 0.583. The molecule has 4 rings (SSSR count). The van der Waals surface area contributed by atoms with E-state index in [1.165, 1.54) is 0 Å². The highest BCUT2D eigenvalue weighted by Crippen LogP contribution is 2.34. The number of fused-ring (bicyclic) bond motifs is 1. The first-order chi connectivity index (χ1) is 15.5. The van der Waals surface area contributed by atoms with Gasteiger partial charge >= 0.3 is 6.09 Å². The number of rotatable bonds is 3. The van der Waals surface area contributed by atoms with Crippen LogP contribution in [0.4, 0.5) is 4.79 Å². The van der Waals surface area contributed by atoms with Crippen molar-refractivity contribution in [2.75, 3.05) is 26.2 Å². The number of hydrogen-bond acceptors (Lipinski definition) is 7. The van der Waals surface area contributed by atoms with Crippen molar-refractivity contribution in [3.05, 3.63) is 41.9 Å². The van der Waals surface area contributed by atoms with Crippen LogP contribution < -0.4 is 0 Å². The van der Waals surface area contributed by atoms with Crippen LogP contribution in [0.5, 0.6) is 0 Å². The zero-order valence-electron chi connectivity index (χ0n) is 20.4. The minimum absolute atomic E-state index is 0.273. The van der Waals surface area contributed by atoms with Gasteiger partial charge in [0.05, 0.1) is 5.54 Å². The Morgan fingerprint density at radius 1 is 1.06 bits per heavy atom. The summed E-state index contributed by atoms with van der Waals surface area (Å²) in [5, 5.41) is 13.8. The molecular formula is C24H34N6O3. The average Bonchev–Trinajstić information content (AvgIpc) is 3.29. The summed E-state index contributed by atoms with van der Waals surface area (Å²) in [4.78, 5) is 16.8. The molecule has 3 aromatic rings. The summed E-state index contributed by atoms with van der Waals surface area (Å²) in [7, 11) is 0. The zero-order valence-corrected chi connectivity index (χ0v) is 20.4. The fourth-order valence-corrected chi connectivity index (χ4v) is 4.15. The van der Waals surface area contributed by atoms with Gasteiger partial charge in [-0.3, -0.25) is 4.90 Å². The molecule has 1 amide bonds. The molecule has 1 atom stereocenters. The first-order valence-corrected chi connectivity index (χ1v) is 11.5. The van der Waals surface area contributed by atoms with Crippen LogP contribution in [0, 0.1) is 0 Å². The molecule has 1 aliphatic rings. The minimum atomic E-state index is -0.519. The molecule has 0 aliphatic carbocycles. The molecule has 1 aromatic carbocycles. The molecular weight excluding hydrogens is 420 g/mol. The molecule has 0 bridgehead atoms. The Labute approximate surface area is 194 Å². The molecule has 0 saturated carbocycles. The molecule has 1 aliphatic heterocycles. The van der Waals surface area contributed by atoms with E-state index in [9.17, 15) is 4.79 Å². The van der Waals surface area contributed by atoms with Gasteiger partial charge in [-0.25, -0.2) is 9.48 Å². The van der Waals surface area contributed by atoms with E-state index in [2.05, 4.69) is 47.3 Å². The Morgan fingerprint density at radius 2 is 1.82 bits per heavy atom. The third-order valence-corrected chi connectivity index (χ3v) is 5.64. The second-order valence-corrected chi connectivity index (χ2v) is 10.6. The summed E-state index contributed by atoms with van der Waals surface area (Å²) in [5.74, 6) is 1.52. The second kappa shape index (κ2) is 8.78. The molecule has 0 radical (unpaired) electrons. The number of carbonyl (C=O) groups excluding carboxylic acids is 1. The first-order valence-electron chi connectivity index (χ1n) is 11.5. The molecule has 1 unspecified atom stereocenters. The van der Waals surface area contributed by atoms with Crippen molar-refractivity contribution >= 4 is 17.1 Å². The van der Waals surface area contributed by atoms with Crippen LogP contribution in [0.2, 0.25) is 0 Å². The number of nitrogens with zero attached hydrogens (tertiary/aromatic N) is 6. The van der Waals surface area contributed by atoms with Crippen molar-refractivity contribution in [2.24, 2.45) is 0 Å². The van der Waals surface area contributed by atoms with E-state index in [1.54, 1.807) is 4.90 Å². The quantitative estimate of drug-likeness (QED) is 0.586. The largest absolute Gasteiger partial charge is 0.459 e. The van der Waals surface area contributed by atoms with Crippen LogP contribution in [0.15, 0.2) is 34.7 Å². The van der Waals surface area contributed by atoms with Gasteiger partial charge in [0.25, 0.3) is 0 Å². The van der Waals surface area contributed by atoms with Crippen molar-refractivity contribution in [3.8, 4) is 0 Å². The monoisotopic (exact) mass is 454 g/mol. The van der Waals surface area contributed by atoms with E-state index in [1.807, 2.05) is 49.7 Å². The van der Waals surface area contributed by atoms with Gasteiger partial charge in [0.15, 0.2) is 5.82 Å². The molecule has 1 fully saturated rings. The molecule has 9 heteroatoms. The first kappa shape index (κ1) is 23.2. The van der Waals surface area contributed by atoms with Crippen molar-refractivity contribution in [2.45, 2.75) is 65.1 Å². The predicted molar refractivity (Wildman–Crippen MR) is 125 cm³/mol. The summed E-state index contributed by atoms with van der Waals surface area (Å²) < 4.78 is 13.8. The lowest BCUT2D eigenvalue weighted by atomic mass is 10.1. The summed E-state index contributed by atoms with van der Waals surface area (Å²) in [6.45, 7) is 14.5. The number of tetrazole rings is 1. The van der Waals surface area contributed by atoms with Gasteiger partial charge < -0.3 is 14.1 Å². The highest BCUT2D eigenvalue weighted by Gasteiger charge is 2.35. The summed E-state index contributed by atoms with van der Waals surface area (Å²) >= 11 is 0. The van der Waals surface area contributed by atoms with Gasteiger partial charge in [0, 0.05) is 31.6 Å². The van der Waals surface area contributed by atoms with Crippen LogP contribution in [-0.4, -0.2) is 67.9 Å². The van der Waals surface area contributed by atoms with Crippen LogP contribution >= 0.6 is 0 Å². The number of para-hydroxylation sites is 1. The van der Waals surface area contributed by atoms with Gasteiger partial charge in [0.2, 0.25) is 0 Å². The van der Waals surface area contributed by atoms with Crippen molar-refractivity contribution in [3.63, 3.8) is 0 Å². The number of ether oxygens (including phenoxy) is 1. The standard InChI is InChI=1S/C24H34N6O3/c1-23(2,3)30-21(25-26-27-30)20(19-16-17-10-7-8-11-18(17)32-19)28-12-9-13-29(15-14-28)22(31)33-24(4,5)6/h7-8,10-11,16,20H,9,12-15H2,1-6H3. The maximum absolute atomic E-state index is 12.7. The van der Waals surface area contributed by atoms with E-state index in [-0.39, 0.29) is 17.7 Å². The van der Waals surface area contributed by atoms with Gasteiger partial charge in [-0.05, 0) is 70.5 Å². The van der Waals surface area contributed by atoms with E-state index in [0.29, 0.717) is 19.6 Å². The number of hydrogen-bond donors (Lipinski definition) is 0. The van der Waals surface area contributed by atoms with E-state index in [0.717, 1.165) is 35.5 Å². The summed E-state index contributed by atoms with van der Waals surface area (Å²) in [5.41, 5.74) is 0.0177. The Kier molecular flexibility index (Phi) is 6.18. The third-order valence-electron chi connectivity index (χ3n) is 5.64. The summed E-state index contributed by atoms with van der Waals surface area (Å²) in [6, 6.07) is 9.77. The fourth-order valence-electron chi connectivity index (χ4n) is 4.15. The molecule has 1 saturated heterocycles. The smallest absolute Gasteiger partial charge is 0.410 e. The minimum Gasteiger partial charge on any atom is -0.459 e. The zero-order chi connectivity index (χ0) is 23.8. The number of carbonyl (C=O) groups is 1. The molecule has 33 heavy (non-hydrogen) atoms. The molecule has 9 nitrogen and oxygen atoms in total. The lowest BCUT2D eigenvalue weighted by Crippen LogP contribution is -2.40. The lowest BCUT2D eigenvalue weighted by Gasteiger charge is -2.31. The summed E-state index contributed by atoms with van der Waals surface area (Å²) in [6.07, 6.45) is 0.539. The average molecular weight is 455 g/mol. The normalized spacial score (nSPS) is 17.2. The van der Waals surface area contributed by atoms with Crippen LogP contribution in [-0.2, 0) is 10.3 Å². The lowest BCUT2D eigenvalue weighted by molar-refractivity contribution is 0.0255. The number of amides is 1. The predicted octanol–water partition coefficient (Wildman–Crippen LogP) is 4.21. The van der Waals surface area contributed by atoms with Gasteiger partial charge in [-0.1, -0.05) is 18.2 Å². The van der Waals surface area contributed by atoms with Crippen LogP contribution in [0.25, 0.3) is 11.0 Å². The second-order valence-electron chi connectivity index (χ2n) is 10.6. The Bertz CT molecular complexity index is 1070. The van der Waals surface area contributed by atoms with Gasteiger partial charge in [0.1, 0.15) is 23.0 Å². The highest BCUT2D eigenvalue weighted by atomic mass is 16.6. The van der Waals surface area contributed by atoms with Crippen molar-refractivity contribution < 1.29 is 13.9 Å². The third kappa shape index (κ3) is 5.19. The van der Waals surface area contributed by atoms with E-state index in [4.69, 9.17) is 9.15 Å². The van der Waals surface area contributed by atoms with Crippen molar-refractivity contribution in [1.29, 1.82) is 0 Å². The number of furan rings is 1. The molecule has 0 spiro atoms. The SMILES string of the molecule is CC(C)(C)OC(=O)N1CCCN(C(c2cc3ccccc3o2)c2nnnn2C(C)(C)C)CC1. The molecule has 3 heterocycles. The Morgan fingerprint density at radius 3 is 2.52 bits per heavy atom. The number of benzene rings is 1. The molecule has 0 N–H and O–H groups in total. The Balaban J connectivity index is 1.67. The topological polar surface area (TPSA) is 89.5 Å². The van der Waals surface area contributed by atoms with Crippen LogP contribution in [0.1, 0.15) is 65.6 Å². The van der Waals surface area contributed by atoms with Gasteiger partial charge in [-0.2, -0.15) is 0 Å². The molecule has 2 aromatic heterocycles. The van der Waals surface area contributed by atoms with Gasteiger partial charge in [-0.15, -0.1) is 5.10 Å². The number of aromatic nitrogens is 4. The maximum Gasteiger partial charge on any atom is 0.410 e. The molecule has 178 valence electrons. The van der Waals surface area contributed by atoms with E-state index >= 15 is 0 Å². The highest BCUT2D eigenvalue weighted by molar-refractivity contribution is 5.77. The maximum atomic E-state index is 12.7.